The van der Waals surface area contributed by atoms with E-state index in [1.807, 2.05) is 30.5 Å². The van der Waals surface area contributed by atoms with Gasteiger partial charge in [0.2, 0.25) is 41.4 Å². The first-order valence-corrected chi connectivity index (χ1v) is 21.1. The molecule has 2 aliphatic rings. The number of aromatic amines is 1. The van der Waals surface area contributed by atoms with Crippen molar-refractivity contribution < 1.29 is 43.5 Å². The second-order valence-electron chi connectivity index (χ2n) is 13.6. The van der Waals surface area contributed by atoms with Gasteiger partial charge in [0.25, 0.3) is 0 Å². The lowest BCUT2D eigenvalue weighted by atomic mass is 9.97. The molecule has 0 radical (unpaired) electrons. The average molecular weight is 818 g/mol. The number of nitrogens with one attached hydrogen (secondary N) is 8. The number of aliphatic carboxylic acids is 1. The molecule has 2 fully saturated rings. The van der Waals surface area contributed by atoms with Crippen LogP contribution in [0.25, 0.3) is 10.9 Å². The molecule has 20 heteroatoms. The number of hydrogen-bond donors (Lipinski definition) is 9. The molecule has 0 spiro atoms. The van der Waals surface area contributed by atoms with Crippen LogP contribution in [0.3, 0.4) is 0 Å². The van der Waals surface area contributed by atoms with E-state index < -0.39 is 78.5 Å². The summed E-state index contributed by atoms with van der Waals surface area (Å²) in [4.78, 5) is 109. The van der Waals surface area contributed by atoms with Gasteiger partial charge in [0.1, 0.15) is 24.2 Å². The Kier molecular flexibility index (Phi) is 17.3. The van der Waals surface area contributed by atoms with Crippen molar-refractivity contribution in [2.24, 2.45) is 5.92 Å². The van der Waals surface area contributed by atoms with Gasteiger partial charge in [-0.25, -0.2) is 0 Å². The van der Waals surface area contributed by atoms with Crippen LogP contribution < -0.4 is 37.2 Å². The van der Waals surface area contributed by atoms with Crippen molar-refractivity contribution in [2.45, 2.75) is 70.1 Å². The van der Waals surface area contributed by atoms with Crippen molar-refractivity contribution in [1.82, 2.24) is 47.1 Å². The van der Waals surface area contributed by atoms with E-state index in [0.717, 1.165) is 16.5 Å². The molecule has 2 aliphatic heterocycles. The van der Waals surface area contributed by atoms with Crippen LogP contribution in [0.1, 0.15) is 45.1 Å². The Hall–Kier alpha value is -4.82. The standard InChI is InChI=1S/C36H51N9O9S2/c1-21-36(54)45(14-9-24-18-39-26-6-4-3-5-25(24)26)22(2)32(50)38-13-16-56-55-15-10-29(46)44-28(19-40-33(51)23-7-11-37-12-8-23)34(52)41-20-30(47)43-27(17-31(48)49)35(53)42-21/h3-6,18,21-23,27-28,37,39H,7-17,19-20H2,1-2H3,(H,38,50)(H,40,51)(H,41,52)(H,42,53)(H,43,47)(H,44,46)(H,48,49). The molecule has 2 saturated heterocycles. The van der Waals surface area contributed by atoms with Gasteiger partial charge in [0, 0.05) is 60.6 Å². The molecule has 1 aromatic heterocycles. The Bertz CT molecular complexity index is 1740. The zero-order valence-corrected chi connectivity index (χ0v) is 33.1. The summed E-state index contributed by atoms with van der Waals surface area (Å²) in [6.45, 7) is 3.78. The summed E-state index contributed by atoms with van der Waals surface area (Å²) >= 11 is 0. The van der Waals surface area contributed by atoms with Crippen molar-refractivity contribution in [3.05, 3.63) is 36.0 Å². The zero-order valence-electron chi connectivity index (χ0n) is 31.4. The molecule has 306 valence electrons. The van der Waals surface area contributed by atoms with Crippen molar-refractivity contribution in [3.8, 4) is 0 Å². The number of fused-ring (bicyclic) bond motifs is 1. The molecule has 3 heterocycles. The molecule has 4 rings (SSSR count). The Morgan fingerprint density at radius 3 is 2.32 bits per heavy atom. The van der Waals surface area contributed by atoms with Gasteiger partial charge >= 0.3 is 5.97 Å². The number of carbonyl (C=O) groups is 8. The minimum atomic E-state index is -1.64. The molecule has 9 N–H and O–H groups in total. The molecular weight excluding hydrogens is 767 g/mol. The number of rotatable bonds is 8. The molecule has 2 aromatic rings. The third-order valence-corrected chi connectivity index (χ3v) is 11.8. The van der Waals surface area contributed by atoms with Gasteiger partial charge in [-0.05, 0) is 57.8 Å². The van der Waals surface area contributed by atoms with Crippen LogP contribution in [-0.4, -0.2) is 137 Å². The highest BCUT2D eigenvalue weighted by atomic mass is 33.1. The molecule has 0 aliphatic carbocycles. The van der Waals surface area contributed by atoms with Crippen molar-refractivity contribution in [2.75, 3.05) is 50.8 Å². The van der Waals surface area contributed by atoms with Crippen molar-refractivity contribution in [1.29, 1.82) is 0 Å². The van der Waals surface area contributed by atoms with Gasteiger partial charge in [-0.2, -0.15) is 0 Å². The number of carboxylic acid groups (broad SMARTS) is 1. The van der Waals surface area contributed by atoms with Gasteiger partial charge in [-0.1, -0.05) is 39.8 Å². The zero-order chi connectivity index (χ0) is 40.6. The van der Waals surface area contributed by atoms with E-state index in [1.165, 1.54) is 33.4 Å². The number of carbonyl (C=O) groups excluding carboxylic acids is 7. The molecule has 18 nitrogen and oxygen atoms in total. The fourth-order valence-electron chi connectivity index (χ4n) is 6.28. The number of para-hydroxylation sites is 1. The third kappa shape index (κ3) is 13.4. The van der Waals surface area contributed by atoms with Crippen LogP contribution in [0.4, 0.5) is 0 Å². The van der Waals surface area contributed by atoms with Gasteiger partial charge < -0.3 is 52.2 Å². The molecule has 56 heavy (non-hydrogen) atoms. The highest BCUT2D eigenvalue weighted by Gasteiger charge is 2.33. The van der Waals surface area contributed by atoms with E-state index >= 15 is 0 Å². The van der Waals surface area contributed by atoms with E-state index in [1.54, 1.807) is 6.92 Å². The van der Waals surface area contributed by atoms with E-state index in [9.17, 15) is 43.5 Å². The summed E-state index contributed by atoms with van der Waals surface area (Å²) < 4.78 is 0. The number of piperidine rings is 1. The predicted octanol–water partition coefficient (Wildman–Crippen LogP) is -0.990. The summed E-state index contributed by atoms with van der Waals surface area (Å²) in [6.07, 6.45) is 2.64. The van der Waals surface area contributed by atoms with Crippen LogP contribution >= 0.6 is 21.6 Å². The fourth-order valence-corrected chi connectivity index (χ4v) is 8.18. The van der Waals surface area contributed by atoms with Gasteiger partial charge in [0.05, 0.1) is 13.0 Å². The first-order chi connectivity index (χ1) is 26.8. The summed E-state index contributed by atoms with van der Waals surface area (Å²) in [5.74, 6) is -5.24. The van der Waals surface area contributed by atoms with E-state index in [2.05, 4.69) is 42.2 Å². The molecule has 4 atom stereocenters. The molecule has 4 unspecified atom stereocenters. The third-order valence-electron chi connectivity index (χ3n) is 9.43. The minimum absolute atomic E-state index is 0.0330. The Balaban J connectivity index is 1.49. The highest BCUT2D eigenvalue weighted by Crippen LogP contribution is 2.22. The number of H-pyrrole nitrogens is 1. The van der Waals surface area contributed by atoms with Crippen LogP contribution in [0, 0.1) is 5.92 Å². The second kappa shape index (κ2) is 22.1. The quantitative estimate of drug-likeness (QED) is 0.146. The Morgan fingerprint density at radius 2 is 1.57 bits per heavy atom. The van der Waals surface area contributed by atoms with E-state index in [0.29, 0.717) is 43.9 Å². The van der Waals surface area contributed by atoms with Gasteiger partial charge in [-0.3, -0.25) is 38.4 Å². The van der Waals surface area contributed by atoms with Crippen LogP contribution in [0.5, 0.6) is 0 Å². The first kappa shape index (κ1) is 43.9. The van der Waals surface area contributed by atoms with Crippen molar-refractivity contribution >= 4 is 79.8 Å². The maximum absolute atomic E-state index is 13.9. The minimum Gasteiger partial charge on any atom is -0.481 e. The van der Waals surface area contributed by atoms with E-state index in [-0.39, 0.29) is 37.9 Å². The summed E-state index contributed by atoms with van der Waals surface area (Å²) in [7, 11) is 2.82. The topological polar surface area (TPSA) is 260 Å². The summed E-state index contributed by atoms with van der Waals surface area (Å²) in [5.41, 5.74) is 1.82. The average Bonchev–Trinajstić information content (AvgIpc) is 3.60. The smallest absolute Gasteiger partial charge is 0.305 e. The second-order valence-corrected chi connectivity index (χ2v) is 16.3. The number of hydrogen-bond acceptors (Lipinski definition) is 11. The summed E-state index contributed by atoms with van der Waals surface area (Å²) in [5, 5.41) is 29.0. The van der Waals surface area contributed by atoms with Crippen LogP contribution in [0.2, 0.25) is 0 Å². The lowest BCUT2D eigenvalue weighted by Gasteiger charge is -2.31. The van der Waals surface area contributed by atoms with Crippen LogP contribution in [-0.2, 0) is 44.8 Å². The lowest BCUT2D eigenvalue weighted by Crippen LogP contribution is -2.58. The molecular formula is C36H51N9O9S2. The van der Waals surface area contributed by atoms with Crippen LogP contribution in [0.15, 0.2) is 30.5 Å². The predicted molar refractivity (Wildman–Crippen MR) is 211 cm³/mol. The number of benzene rings is 1. The summed E-state index contributed by atoms with van der Waals surface area (Å²) in [6, 6.07) is 2.59. The SMILES string of the molecule is CC1NC(=O)C(CC(=O)O)NC(=O)CNC(=O)C(CNC(=O)C2CCNCC2)NC(=O)CCSSCCNC(=O)C(C)N(CCc2c[nH]c3ccccc23)C1=O. The Morgan fingerprint density at radius 1 is 0.857 bits per heavy atom. The Labute approximate surface area is 332 Å². The number of aromatic nitrogens is 1. The van der Waals surface area contributed by atoms with Gasteiger partial charge in [-0.15, -0.1) is 0 Å². The normalized spacial score (nSPS) is 23.6. The maximum Gasteiger partial charge on any atom is 0.305 e. The molecule has 7 amide bonds. The number of nitrogens with zero attached hydrogens (tertiary/aromatic N) is 1. The number of amides is 7. The molecule has 0 bridgehead atoms. The molecule has 1 aromatic carbocycles. The largest absolute Gasteiger partial charge is 0.481 e. The molecule has 0 saturated carbocycles. The lowest BCUT2D eigenvalue weighted by molar-refractivity contribution is -0.143. The van der Waals surface area contributed by atoms with Gasteiger partial charge in [0.15, 0.2) is 0 Å². The number of carboxylic acids is 1. The maximum atomic E-state index is 13.9. The highest BCUT2D eigenvalue weighted by molar-refractivity contribution is 8.76. The van der Waals surface area contributed by atoms with Crippen molar-refractivity contribution in [3.63, 3.8) is 0 Å². The monoisotopic (exact) mass is 817 g/mol. The first-order valence-electron chi connectivity index (χ1n) is 18.6. The van der Waals surface area contributed by atoms with E-state index in [4.69, 9.17) is 0 Å². The fraction of sp³-hybridized carbons (Fsp3) is 0.556.